The molecule has 0 amide bonds. The molecule has 0 N–H and O–H groups in total. The second-order valence-corrected chi connectivity index (χ2v) is 6.83. The van der Waals surface area contributed by atoms with Crippen LogP contribution in [0.3, 0.4) is 0 Å². The summed E-state index contributed by atoms with van der Waals surface area (Å²) in [4.78, 5) is 32.7. The Morgan fingerprint density at radius 2 is 1.27 bits per heavy atom. The molecule has 26 heavy (non-hydrogen) atoms. The van der Waals surface area contributed by atoms with Crippen LogP contribution in [0.25, 0.3) is 0 Å². The van der Waals surface area contributed by atoms with Crippen molar-refractivity contribution in [2.24, 2.45) is 0 Å². The predicted octanol–water partition coefficient (Wildman–Crippen LogP) is 5.71. The second kappa shape index (κ2) is 10.2. The van der Waals surface area contributed by atoms with Gasteiger partial charge in [0.25, 0.3) is 0 Å². The number of carbonyl (C=O) groups excluding carboxylic acids is 3. The summed E-state index contributed by atoms with van der Waals surface area (Å²) in [5, 5.41) is 0. The minimum atomic E-state index is -0.503. The monoisotopic (exact) mass is 486 g/mol. The third-order valence-electron chi connectivity index (χ3n) is 3.00. The standard InChI is InChI=1S/C11H8BrFO2.C8H6BrFO/c1-7(14)2-5-11(15)8-3-4-9(12)10(13)6-8;1-5(11)6-2-3-7(9)8(10)4-6/h2-6H,1H3;2-4H,1H3/b5-2+;. The van der Waals surface area contributed by atoms with Crippen molar-refractivity contribution in [2.45, 2.75) is 13.8 Å². The van der Waals surface area contributed by atoms with Crippen LogP contribution in [-0.4, -0.2) is 17.3 Å². The van der Waals surface area contributed by atoms with Gasteiger partial charge in [-0.1, -0.05) is 6.07 Å². The first-order valence-corrected chi connectivity index (χ1v) is 8.84. The average molecular weight is 488 g/mol. The van der Waals surface area contributed by atoms with E-state index in [1.165, 1.54) is 38.1 Å². The highest BCUT2D eigenvalue weighted by molar-refractivity contribution is 9.10. The molecule has 136 valence electrons. The highest BCUT2D eigenvalue weighted by Gasteiger charge is 2.06. The van der Waals surface area contributed by atoms with Gasteiger partial charge in [0.1, 0.15) is 11.6 Å². The number of Topliss-reactive ketones (excluding diaryl/α,β-unsaturated/α-hetero) is 1. The van der Waals surface area contributed by atoms with Gasteiger partial charge >= 0.3 is 0 Å². The molecule has 0 radical (unpaired) electrons. The summed E-state index contributed by atoms with van der Waals surface area (Å²) in [6.07, 6.45) is 2.29. The van der Waals surface area contributed by atoms with Gasteiger partial charge in [-0.15, -0.1) is 0 Å². The number of ketones is 3. The van der Waals surface area contributed by atoms with E-state index < -0.39 is 17.4 Å². The van der Waals surface area contributed by atoms with Gasteiger partial charge in [-0.05, 0) is 88.2 Å². The van der Waals surface area contributed by atoms with Crippen LogP contribution in [0.4, 0.5) is 8.78 Å². The van der Waals surface area contributed by atoms with Crippen molar-refractivity contribution >= 4 is 49.2 Å². The molecular formula is C19H14Br2F2O3. The van der Waals surface area contributed by atoms with E-state index in [4.69, 9.17) is 0 Å². The third-order valence-corrected chi connectivity index (χ3v) is 4.29. The lowest BCUT2D eigenvalue weighted by molar-refractivity contribution is -0.112. The molecule has 0 atom stereocenters. The van der Waals surface area contributed by atoms with Gasteiger partial charge in [-0.2, -0.15) is 0 Å². The van der Waals surface area contributed by atoms with Gasteiger partial charge in [-0.25, -0.2) is 8.78 Å². The lowest BCUT2D eigenvalue weighted by Gasteiger charge is -1.97. The van der Waals surface area contributed by atoms with Crippen molar-refractivity contribution in [3.05, 3.63) is 80.3 Å². The molecule has 3 nitrogen and oxygen atoms in total. The molecule has 0 aliphatic heterocycles. The minimum absolute atomic E-state index is 0.128. The Morgan fingerprint density at radius 1 is 0.808 bits per heavy atom. The lowest BCUT2D eigenvalue weighted by atomic mass is 10.1. The molecule has 0 aliphatic carbocycles. The van der Waals surface area contributed by atoms with Gasteiger partial charge in [0, 0.05) is 11.1 Å². The van der Waals surface area contributed by atoms with Gasteiger partial charge in [-0.3, -0.25) is 14.4 Å². The van der Waals surface area contributed by atoms with E-state index in [-0.39, 0.29) is 17.1 Å². The van der Waals surface area contributed by atoms with Crippen molar-refractivity contribution in [3.63, 3.8) is 0 Å². The zero-order chi connectivity index (χ0) is 19.9. The van der Waals surface area contributed by atoms with Crippen molar-refractivity contribution in [1.29, 1.82) is 0 Å². The van der Waals surface area contributed by atoms with E-state index in [2.05, 4.69) is 31.9 Å². The van der Waals surface area contributed by atoms with Gasteiger partial charge in [0.05, 0.1) is 8.95 Å². The van der Waals surface area contributed by atoms with E-state index >= 15 is 0 Å². The van der Waals surface area contributed by atoms with Gasteiger partial charge < -0.3 is 0 Å². The zero-order valence-corrected chi connectivity index (χ0v) is 17.0. The Kier molecular flexibility index (Phi) is 8.68. The molecule has 0 saturated heterocycles. The Balaban J connectivity index is 0.000000273. The molecule has 7 heteroatoms. The fourth-order valence-electron chi connectivity index (χ4n) is 1.65. The minimum Gasteiger partial charge on any atom is -0.295 e. The summed E-state index contributed by atoms with van der Waals surface area (Å²) < 4.78 is 26.5. The topological polar surface area (TPSA) is 51.2 Å². The smallest absolute Gasteiger partial charge is 0.186 e. The average Bonchev–Trinajstić information content (AvgIpc) is 2.58. The van der Waals surface area contributed by atoms with Crippen molar-refractivity contribution in [3.8, 4) is 0 Å². The van der Waals surface area contributed by atoms with Crippen molar-refractivity contribution in [1.82, 2.24) is 0 Å². The first kappa shape index (κ1) is 22.1. The fraction of sp³-hybridized carbons (Fsp3) is 0.105. The number of benzene rings is 2. The summed E-state index contributed by atoms with van der Waals surface area (Å²) in [5.41, 5.74) is 0.610. The first-order chi connectivity index (χ1) is 12.1. The molecule has 2 rings (SSSR count). The van der Waals surface area contributed by atoms with Gasteiger partial charge in [0.15, 0.2) is 17.3 Å². The molecule has 2 aromatic rings. The van der Waals surface area contributed by atoms with Crippen molar-refractivity contribution < 1.29 is 23.2 Å². The van der Waals surface area contributed by atoms with E-state index in [1.807, 2.05) is 0 Å². The molecule has 0 saturated carbocycles. The number of halogens is 4. The molecule has 0 spiro atoms. The SMILES string of the molecule is CC(=O)/C=C/C(=O)c1ccc(Br)c(F)c1.CC(=O)c1ccc(Br)c(F)c1. The van der Waals surface area contributed by atoms with Crippen LogP contribution < -0.4 is 0 Å². The van der Waals surface area contributed by atoms with E-state index in [0.717, 1.165) is 18.2 Å². The summed E-state index contributed by atoms with van der Waals surface area (Å²) in [7, 11) is 0. The summed E-state index contributed by atoms with van der Waals surface area (Å²) in [5.74, 6) is -1.65. The molecule has 0 bridgehead atoms. The largest absolute Gasteiger partial charge is 0.295 e. The molecule has 2 aromatic carbocycles. The van der Waals surface area contributed by atoms with Crippen LogP contribution in [0.2, 0.25) is 0 Å². The Labute approximate surface area is 166 Å². The maximum atomic E-state index is 13.0. The van der Waals surface area contributed by atoms with E-state index in [9.17, 15) is 23.2 Å². The number of hydrogen-bond donors (Lipinski definition) is 0. The molecular weight excluding hydrogens is 474 g/mol. The second-order valence-electron chi connectivity index (χ2n) is 5.12. The number of rotatable bonds is 4. The number of carbonyl (C=O) groups is 3. The maximum absolute atomic E-state index is 13.0. The Morgan fingerprint density at radius 3 is 1.69 bits per heavy atom. The van der Waals surface area contributed by atoms with Crippen LogP contribution in [0, 0.1) is 11.6 Å². The number of allylic oxidation sites excluding steroid dienone is 2. The first-order valence-electron chi connectivity index (χ1n) is 7.26. The maximum Gasteiger partial charge on any atom is 0.186 e. The van der Waals surface area contributed by atoms with Crippen LogP contribution in [-0.2, 0) is 4.79 Å². The molecule has 0 heterocycles. The van der Waals surface area contributed by atoms with Crippen molar-refractivity contribution in [2.75, 3.05) is 0 Å². The van der Waals surface area contributed by atoms with Crippen LogP contribution in [0.15, 0.2) is 57.5 Å². The van der Waals surface area contributed by atoms with E-state index in [1.54, 1.807) is 6.07 Å². The highest BCUT2D eigenvalue weighted by Crippen LogP contribution is 2.17. The predicted molar refractivity (Wildman–Crippen MR) is 102 cm³/mol. The Bertz CT molecular complexity index is 877. The van der Waals surface area contributed by atoms with Crippen LogP contribution >= 0.6 is 31.9 Å². The fourth-order valence-corrected chi connectivity index (χ4v) is 2.15. The molecule has 0 unspecified atom stereocenters. The zero-order valence-electron chi connectivity index (χ0n) is 13.9. The third kappa shape index (κ3) is 7.09. The molecule has 0 aromatic heterocycles. The number of hydrogen-bond acceptors (Lipinski definition) is 3. The highest BCUT2D eigenvalue weighted by atomic mass is 79.9. The van der Waals surface area contributed by atoms with E-state index in [0.29, 0.717) is 14.5 Å². The van der Waals surface area contributed by atoms with Crippen LogP contribution in [0.1, 0.15) is 34.6 Å². The summed E-state index contributed by atoms with van der Waals surface area (Å²) >= 11 is 5.97. The molecule has 0 aliphatic rings. The Hall–Kier alpha value is -1.99. The van der Waals surface area contributed by atoms with Crippen LogP contribution in [0.5, 0.6) is 0 Å². The summed E-state index contributed by atoms with van der Waals surface area (Å²) in [6, 6.07) is 8.37. The van der Waals surface area contributed by atoms with Gasteiger partial charge in [0.2, 0.25) is 0 Å². The summed E-state index contributed by atoms with van der Waals surface area (Å²) in [6.45, 7) is 2.74. The quantitative estimate of drug-likeness (QED) is 0.410. The lowest BCUT2D eigenvalue weighted by Crippen LogP contribution is -1.96. The normalized spacial score (nSPS) is 10.2. The molecule has 0 fully saturated rings.